The predicted octanol–water partition coefficient (Wildman–Crippen LogP) is 5.94. The highest BCUT2D eigenvalue weighted by Crippen LogP contribution is 2.40. The third-order valence-corrected chi connectivity index (χ3v) is 5.46. The summed E-state index contributed by atoms with van der Waals surface area (Å²) in [5.41, 5.74) is 2.67. The summed E-state index contributed by atoms with van der Waals surface area (Å²) >= 11 is 0. The Bertz CT molecular complexity index is 1570. The molecule has 0 fully saturated rings. The average molecular weight is 478 g/mol. The zero-order valence-electron chi connectivity index (χ0n) is 18.7. The van der Waals surface area contributed by atoms with Gasteiger partial charge in [0.1, 0.15) is 11.4 Å². The number of phenols is 1. The van der Waals surface area contributed by atoms with Crippen molar-refractivity contribution >= 4 is 17.5 Å². The van der Waals surface area contributed by atoms with E-state index in [1.165, 1.54) is 12.1 Å². The number of carbonyl (C=O) groups excluding carboxylic acids is 1. The van der Waals surface area contributed by atoms with Crippen molar-refractivity contribution in [2.24, 2.45) is 0 Å². The number of aromatic hydroxyl groups is 1. The number of rotatable bonds is 6. The first-order valence-electron chi connectivity index (χ1n) is 10.9. The average Bonchev–Trinajstić information content (AvgIpc) is 3.33. The number of nitrogens with zero attached hydrogens (tertiary/aromatic N) is 3. The number of phenolic OH excluding ortho intramolecular Hbond substituents is 1. The highest BCUT2D eigenvalue weighted by Gasteiger charge is 2.22. The van der Waals surface area contributed by atoms with Crippen LogP contribution in [0.3, 0.4) is 0 Å². The van der Waals surface area contributed by atoms with Crippen LogP contribution in [0.15, 0.2) is 102 Å². The van der Waals surface area contributed by atoms with Crippen LogP contribution < -0.4 is 5.32 Å². The summed E-state index contributed by atoms with van der Waals surface area (Å²) in [4.78, 5) is 32.2. The summed E-state index contributed by atoms with van der Waals surface area (Å²) < 4.78 is 6.05. The van der Waals surface area contributed by atoms with Crippen LogP contribution >= 0.6 is 0 Å². The number of benzene rings is 3. The van der Waals surface area contributed by atoms with Crippen molar-refractivity contribution in [3.8, 4) is 39.6 Å². The molecule has 0 aliphatic rings. The zero-order chi connectivity index (χ0) is 25.1. The van der Waals surface area contributed by atoms with Gasteiger partial charge in [-0.25, -0.2) is 4.98 Å². The number of amides is 1. The molecule has 0 bridgehead atoms. The van der Waals surface area contributed by atoms with E-state index in [0.29, 0.717) is 33.5 Å². The highest BCUT2D eigenvalue weighted by molar-refractivity contribution is 6.05. The van der Waals surface area contributed by atoms with E-state index in [9.17, 15) is 20.0 Å². The molecule has 2 aromatic heterocycles. The van der Waals surface area contributed by atoms with E-state index in [0.717, 1.165) is 6.07 Å². The molecule has 9 nitrogen and oxygen atoms in total. The van der Waals surface area contributed by atoms with Gasteiger partial charge in [0.15, 0.2) is 0 Å². The Morgan fingerprint density at radius 1 is 0.917 bits per heavy atom. The minimum absolute atomic E-state index is 0.134. The molecular weight excluding hydrogens is 460 g/mol. The van der Waals surface area contributed by atoms with Crippen LogP contribution in [0.4, 0.5) is 11.6 Å². The lowest BCUT2D eigenvalue weighted by Crippen LogP contribution is -2.11. The predicted molar refractivity (Wildman–Crippen MR) is 133 cm³/mol. The fourth-order valence-corrected chi connectivity index (χ4v) is 3.75. The zero-order valence-corrected chi connectivity index (χ0v) is 18.7. The van der Waals surface area contributed by atoms with Gasteiger partial charge in [-0.3, -0.25) is 25.2 Å². The van der Waals surface area contributed by atoms with Gasteiger partial charge in [-0.2, -0.15) is 0 Å². The quantitative estimate of drug-likeness (QED) is 0.228. The molecule has 5 aromatic rings. The molecule has 1 amide bonds. The number of nitro benzene ring substituents is 1. The monoisotopic (exact) mass is 478 g/mol. The van der Waals surface area contributed by atoms with E-state index in [4.69, 9.17) is 4.42 Å². The van der Waals surface area contributed by atoms with Gasteiger partial charge in [-0.05, 0) is 42.0 Å². The second-order valence-corrected chi connectivity index (χ2v) is 7.76. The molecule has 0 saturated carbocycles. The SMILES string of the molecule is O=C(Nc1oc(-c2ccccc2-c2ccc([N+](=O)[O-])cc2O)nc1-c1cccnc1)c1ccccc1. The third-order valence-electron chi connectivity index (χ3n) is 5.46. The minimum Gasteiger partial charge on any atom is -0.507 e. The number of aromatic nitrogens is 2. The van der Waals surface area contributed by atoms with Crippen molar-refractivity contribution in [3.05, 3.63) is 113 Å². The molecule has 36 heavy (non-hydrogen) atoms. The topological polar surface area (TPSA) is 131 Å². The van der Waals surface area contributed by atoms with E-state index < -0.39 is 4.92 Å². The van der Waals surface area contributed by atoms with Crippen LogP contribution in [0, 0.1) is 10.1 Å². The maximum Gasteiger partial charge on any atom is 0.273 e. The smallest absolute Gasteiger partial charge is 0.273 e. The number of nitrogens with one attached hydrogen (secondary N) is 1. The lowest BCUT2D eigenvalue weighted by atomic mass is 9.98. The van der Waals surface area contributed by atoms with Crippen LogP contribution in [0.2, 0.25) is 0 Å². The Morgan fingerprint density at radius 3 is 2.36 bits per heavy atom. The van der Waals surface area contributed by atoms with Crippen LogP contribution in [0.5, 0.6) is 5.75 Å². The maximum absolute atomic E-state index is 12.9. The molecular formula is C27H18N4O5. The summed E-state index contributed by atoms with van der Waals surface area (Å²) in [5, 5.41) is 24.4. The number of non-ortho nitro benzene ring substituents is 1. The molecule has 9 heteroatoms. The summed E-state index contributed by atoms with van der Waals surface area (Å²) in [6, 6.07) is 23.1. The van der Waals surface area contributed by atoms with Gasteiger partial charge in [0.05, 0.1) is 11.0 Å². The first-order valence-corrected chi connectivity index (χ1v) is 10.9. The molecule has 2 N–H and O–H groups in total. The summed E-state index contributed by atoms with van der Waals surface area (Å²) in [6.07, 6.45) is 3.23. The number of carbonyl (C=O) groups is 1. The number of oxazole rings is 1. The normalized spacial score (nSPS) is 10.7. The molecule has 0 spiro atoms. The van der Waals surface area contributed by atoms with Gasteiger partial charge in [-0.1, -0.05) is 36.4 Å². The van der Waals surface area contributed by atoms with Crippen molar-refractivity contribution in [1.29, 1.82) is 0 Å². The lowest BCUT2D eigenvalue weighted by molar-refractivity contribution is -0.384. The van der Waals surface area contributed by atoms with E-state index in [2.05, 4.69) is 15.3 Å². The highest BCUT2D eigenvalue weighted by atomic mass is 16.6. The fourth-order valence-electron chi connectivity index (χ4n) is 3.75. The van der Waals surface area contributed by atoms with Crippen LogP contribution in [-0.4, -0.2) is 25.9 Å². The third kappa shape index (κ3) is 4.40. The molecule has 0 saturated heterocycles. The number of pyridine rings is 1. The molecule has 2 heterocycles. The fraction of sp³-hybridized carbons (Fsp3) is 0. The van der Waals surface area contributed by atoms with Gasteiger partial charge in [0.2, 0.25) is 11.8 Å². The van der Waals surface area contributed by atoms with E-state index in [-0.39, 0.29) is 29.1 Å². The molecule has 0 atom stereocenters. The van der Waals surface area contributed by atoms with Gasteiger partial charge in [0.25, 0.3) is 11.6 Å². The van der Waals surface area contributed by atoms with E-state index in [1.54, 1.807) is 73.1 Å². The molecule has 3 aromatic carbocycles. The molecule has 176 valence electrons. The van der Waals surface area contributed by atoms with Crippen LogP contribution in [0.1, 0.15) is 10.4 Å². The van der Waals surface area contributed by atoms with Crippen molar-refractivity contribution in [2.75, 3.05) is 5.32 Å². The molecule has 0 aliphatic carbocycles. The Hall–Kier alpha value is -5.31. The molecule has 0 aliphatic heterocycles. The van der Waals surface area contributed by atoms with Gasteiger partial charge in [-0.15, -0.1) is 0 Å². The second-order valence-electron chi connectivity index (χ2n) is 7.76. The van der Waals surface area contributed by atoms with Gasteiger partial charge in [0, 0.05) is 40.7 Å². The number of hydrogen-bond donors (Lipinski definition) is 2. The first-order chi connectivity index (χ1) is 17.5. The lowest BCUT2D eigenvalue weighted by Gasteiger charge is -2.09. The van der Waals surface area contributed by atoms with Crippen molar-refractivity contribution < 1.29 is 19.2 Å². The molecule has 0 unspecified atom stereocenters. The summed E-state index contributed by atoms with van der Waals surface area (Å²) in [5.74, 6) is -0.307. The Labute approximate surface area is 204 Å². The summed E-state index contributed by atoms with van der Waals surface area (Å²) in [7, 11) is 0. The minimum atomic E-state index is -0.578. The molecule has 5 rings (SSSR count). The van der Waals surface area contributed by atoms with Crippen LogP contribution in [0.25, 0.3) is 33.8 Å². The van der Waals surface area contributed by atoms with E-state index in [1.807, 2.05) is 6.07 Å². The first kappa shape index (κ1) is 22.5. The number of hydrogen-bond acceptors (Lipinski definition) is 7. The Kier molecular flexibility index (Phi) is 5.94. The Balaban J connectivity index is 1.61. The van der Waals surface area contributed by atoms with Crippen molar-refractivity contribution in [2.45, 2.75) is 0 Å². The van der Waals surface area contributed by atoms with Crippen LogP contribution in [-0.2, 0) is 0 Å². The largest absolute Gasteiger partial charge is 0.507 e. The van der Waals surface area contributed by atoms with Crippen molar-refractivity contribution in [1.82, 2.24) is 9.97 Å². The van der Waals surface area contributed by atoms with Crippen molar-refractivity contribution in [3.63, 3.8) is 0 Å². The molecule has 0 radical (unpaired) electrons. The van der Waals surface area contributed by atoms with Gasteiger partial charge < -0.3 is 9.52 Å². The Morgan fingerprint density at radius 2 is 1.67 bits per heavy atom. The number of nitro groups is 1. The number of anilines is 1. The summed E-state index contributed by atoms with van der Waals surface area (Å²) in [6.45, 7) is 0. The standard InChI is InChI=1S/C27H18N4O5/c32-23-15-19(31(34)35)12-13-21(23)20-10-4-5-11-22(20)26-29-24(18-9-6-14-28-16-18)27(36-26)30-25(33)17-7-2-1-3-8-17/h1-16,32H,(H,30,33). The van der Waals surface area contributed by atoms with Gasteiger partial charge >= 0.3 is 0 Å². The van der Waals surface area contributed by atoms with E-state index >= 15 is 0 Å². The second kappa shape index (κ2) is 9.51. The maximum atomic E-state index is 12.9.